The number of guanidine groups is 1. The average Bonchev–Trinajstić information content (AvgIpc) is 2.53. The van der Waals surface area contributed by atoms with Crippen molar-refractivity contribution >= 4 is 5.96 Å². The molecule has 0 aliphatic carbocycles. The van der Waals surface area contributed by atoms with Gasteiger partial charge in [-0.1, -0.05) is 0 Å². The van der Waals surface area contributed by atoms with Crippen LogP contribution in [0.25, 0.3) is 0 Å². The maximum Gasteiger partial charge on any atom is 0.191 e. The fourth-order valence-electron chi connectivity index (χ4n) is 3.39. The molecule has 0 bridgehead atoms. The van der Waals surface area contributed by atoms with Crippen molar-refractivity contribution in [2.75, 3.05) is 46.3 Å². The smallest absolute Gasteiger partial charge is 0.191 e. The van der Waals surface area contributed by atoms with Gasteiger partial charge in [0, 0.05) is 38.3 Å². The summed E-state index contributed by atoms with van der Waals surface area (Å²) in [5, 5.41) is 6.88. The van der Waals surface area contributed by atoms with Crippen LogP contribution < -0.4 is 10.6 Å². The van der Waals surface area contributed by atoms with Crippen LogP contribution >= 0.6 is 0 Å². The van der Waals surface area contributed by atoms with Gasteiger partial charge in [-0.15, -0.1) is 0 Å². The Morgan fingerprint density at radius 1 is 1.12 bits per heavy atom. The van der Waals surface area contributed by atoms with Gasteiger partial charge in [-0.05, 0) is 79.9 Å². The Labute approximate surface area is 150 Å². The van der Waals surface area contributed by atoms with Crippen LogP contribution in [0.1, 0.15) is 53.9 Å². The molecule has 5 nitrogen and oxygen atoms in total. The lowest BCUT2D eigenvalue weighted by Gasteiger charge is -2.30. The summed E-state index contributed by atoms with van der Waals surface area (Å²) in [7, 11) is 2.21. The molecule has 0 aromatic heterocycles. The molecule has 0 atom stereocenters. The van der Waals surface area contributed by atoms with Gasteiger partial charge in [-0.3, -0.25) is 9.89 Å². The van der Waals surface area contributed by atoms with E-state index in [-0.39, 0.29) is 0 Å². The zero-order chi connectivity index (χ0) is 17.9. The molecule has 1 heterocycles. The van der Waals surface area contributed by atoms with Gasteiger partial charge in [-0.25, -0.2) is 0 Å². The Morgan fingerprint density at radius 2 is 1.75 bits per heavy atom. The minimum atomic E-state index is 0.608. The summed E-state index contributed by atoms with van der Waals surface area (Å²) in [6, 6.07) is 1.22. The summed E-state index contributed by atoms with van der Waals surface area (Å²) < 4.78 is 0. The summed E-state index contributed by atoms with van der Waals surface area (Å²) in [6.45, 7) is 17.7. The van der Waals surface area contributed by atoms with Gasteiger partial charge in [0.1, 0.15) is 0 Å². The zero-order valence-corrected chi connectivity index (χ0v) is 16.9. The number of likely N-dealkylation sites (tertiary alicyclic amines) is 1. The highest BCUT2D eigenvalue weighted by molar-refractivity contribution is 5.79. The standard InChI is InChI=1S/C19H41N5/c1-7-20-19(22-15-18-9-13-23(6)14-10-18)21-11-8-12-24(16(2)3)17(4)5/h16-18H,7-15H2,1-6H3,(H2,20,21,22). The zero-order valence-electron chi connectivity index (χ0n) is 16.9. The fraction of sp³-hybridized carbons (Fsp3) is 0.947. The van der Waals surface area contributed by atoms with Crippen molar-refractivity contribution in [3.8, 4) is 0 Å². The van der Waals surface area contributed by atoms with E-state index in [1.54, 1.807) is 0 Å². The van der Waals surface area contributed by atoms with Crippen LogP contribution in [0.5, 0.6) is 0 Å². The molecule has 0 amide bonds. The first kappa shape index (κ1) is 21.2. The maximum absolute atomic E-state index is 4.81. The van der Waals surface area contributed by atoms with E-state index in [9.17, 15) is 0 Å². The van der Waals surface area contributed by atoms with Gasteiger partial charge in [0.05, 0.1) is 0 Å². The lowest BCUT2D eigenvalue weighted by atomic mass is 9.97. The molecule has 0 unspecified atom stereocenters. The van der Waals surface area contributed by atoms with Gasteiger partial charge >= 0.3 is 0 Å². The highest BCUT2D eigenvalue weighted by Gasteiger charge is 2.16. The van der Waals surface area contributed by atoms with E-state index in [1.807, 2.05) is 0 Å². The van der Waals surface area contributed by atoms with Crippen molar-refractivity contribution in [3.63, 3.8) is 0 Å². The predicted molar refractivity (Wildman–Crippen MR) is 106 cm³/mol. The van der Waals surface area contributed by atoms with E-state index in [0.29, 0.717) is 12.1 Å². The second-order valence-corrected chi connectivity index (χ2v) is 7.67. The Kier molecular flexibility index (Phi) is 10.3. The first-order valence-electron chi connectivity index (χ1n) is 9.90. The third-order valence-corrected chi connectivity index (χ3v) is 4.90. The molecule has 1 fully saturated rings. The molecule has 1 saturated heterocycles. The molecule has 0 spiro atoms. The van der Waals surface area contributed by atoms with Gasteiger partial charge in [0.15, 0.2) is 5.96 Å². The van der Waals surface area contributed by atoms with Gasteiger partial charge < -0.3 is 15.5 Å². The summed E-state index contributed by atoms with van der Waals surface area (Å²) in [5.74, 6) is 1.73. The molecule has 24 heavy (non-hydrogen) atoms. The molecule has 0 aromatic carbocycles. The molecular formula is C19H41N5. The number of rotatable bonds is 9. The van der Waals surface area contributed by atoms with Crippen molar-refractivity contribution in [2.24, 2.45) is 10.9 Å². The van der Waals surface area contributed by atoms with E-state index in [1.165, 1.54) is 25.9 Å². The SMILES string of the molecule is CCNC(=NCC1CCN(C)CC1)NCCCN(C(C)C)C(C)C. The van der Waals surface area contributed by atoms with Crippen LogP contribution in [0, 0.1) is 5.92 Å². The van der Waals surface area contributed by atoms with Gasteiger partial charge in [-0.2, -0.15) is 0 Å². The molecule has 1 aliphatic heterocycles. The molecule has 1 rings (SSSR count). The van der Waals surface area contributed by atoms with Crippen molar-refractivity contribution in [1.82, 2.24) is 20.4 Å². The quantitative estimate of drug-likeness (QED) is 0.385. The summed E-state index contributed by atoms with van der Waals surface area (Å²) >= 11 is 0. The number of aliphatic imine (C=N–C) groups is 1. The Hall–Kier alpha value is -0.810. The average molecular weight is 340 g/mol. The number of piperidine rings is 1. The van der Waals surface area contributed by atoms with Crippen LogP contribution in [-0.2, 0) is 0 Å². The Morgan fingerprint density at radius 3 is 2.29 bits per heavy atom. The minimum Gasteiger partial charge on any atom is -0.357 e. The number of nitrogens with one attached hydrogen (secondary N) is 2. The molecule has 142 valence electrons. The maximum atomic E-state index is 4.81. The van der Waals surface area contributed by atoms with E-state index < -0.39 is 0 Å². The summed E-state index contributed by atoms with van der Waals surface area (Å²) in [4.78, 5) is 9.77. The van der Waals surface area contributed by atoms with E-state index >= 15 is 0 Å². The third-order valence-electron chi connectivity index (χ3n) is 4.90. The van der Waals surface area contributed by atoms with Crippen LogP contribution in [0.15, 0.2) is 4.99 Å². The van der Waals surface area contributed by atoms with Crippen LogP contribution in [0.2, 0.25) is 0 Å². The largest absolute Gasteiger partial charge is 0.357 e. The first-order chi connectivity index (χ1) is 11.4. The highest BCUT2D eigenvalue weighted by Crippen LogP contribution is 2.15. The highest BCUT2D eigenvalue weighted by atomic mass is 15.2. The van der Waals surface area contributed by atoms with Crippen LogP contribution in [0.3, 0.4) is 0 Å². The monoisotopic (exact) mass is 339 g/mol. The molecule has 1 aliphatic rings. The number of hydrogen-bond acceptors (Lipinski definition) is 3. The van der Waals surface area contributed by atoms with Crippen molar-refractivity contribution < 1.29 is 0 Å². The minimum absolute atomic E-state index is 0.608. The fourth-order valence-corrected chi connectivity index (χ4v) is 3.39. The molecule has 0 saturated carbocycles. The molecular weight excluding hydrogens is 298 g/mol. The number of nitrogens with zero attached hydrogens (tertiary/aromatic N) is 3. The van der Waals surface area contributed by atoms with Crippen molar-refractivity contribution in [1.29, 1.82) is 0 Å². The normalized spacial score (nSPS) is 18.0. The van der Waals surface area contributed by atoms with E-state index in [0.717, 1.165) is 44.5 Å². The van der Waals surface area contributed by atoms with Crippen molar-refractivity contribution in [3.05, 3.63) is 0 Å². The van der Waals surface area contributed by atoms with Crippen LogP contribution in [-0.4, -0.2) is 74.2 Å². The van der Waals surface area contributed by atoms with Crippen LogP contribution in [0.4, 0.5) is 0 Å². The topological polar surface area (TPSA) is 42.9 Å². The van der Waals surface area contributed by atoms with Gasteiger partial charge in [0.25, 0.3) is 0 Å². The molecule has 2 N–H and O–H groups in total. The van der Waals surface area contributed by atoms with Gasteiger partial charge in [0.2, 0.25) is 0 Å². The molecule has 5 heteroatoms. The lowest BCUT2D eigenvalue weighted by molar-refractivity contribution is 0.173. The van der Waals surface area contributed by atoms with E-state index in [4.69, 9.17) is 4.99 Å². The van der Waals surface area contributed by atoms with Crippen molar-refractivity contribution in [2.45, 2.75) is 66.0 Å². The molecule has 0 radical (unpaired) electrons. The summed E-state index contributed by atoms with van der Waals surface area (Å²) in [6.07, 6.45) is 3.70. The first-order valence-corrected chi connectivity index (χ1v) is 9.90. The Balaban J connectivity index is 2.33. The number of hydrogen-bond donors (Lipinski definition) is 2. The second-order valence-electron chi connectivity index (χ2n) is 7.67. The second kappa shape index (κ2) is 11.7. The Bertz CT molecular complexity index is 338. The summed E-state index contributed by atoms with van der Waals surface area (Å²) in [5.41, 5.74) is 0. The predicted octanol–water partition coefficient (Wildman–Crippen LogP) is 2.39. The molecule has 0 aromatic rings. The van der Waals surface area contributed by atoms with E-state index in [2.05, 4.69) is 62.1 Å². The third kappa shape index (κ3) is 8.34. The lowest BCUT2D eigenvalue weighted by Crippen LogP contribution is -2.41.